The monoisotopic (exact) mass is 350 g/mol. The lowest BCUT2D eigenvalue weighted by atomic mass is 10.4. The number of alkyl halides is 3. The molecule has 1 heterocycles. The summed E-state index contributed by atoms with van der Waals surface area (Å²) < 4.78 is 38.9. The van der Waals surface area contributed by atoms with E-state index in [2.05, 4.69) is 4.74 Å². The fourth-order valence-corrected chi connectivity index (χ4v) is 1.49. The Hall–Kier alpha value is -1.33. The molecule has 1 N–H and O–H groups in total. The summed E-state index contributed by atoms with van der Waals surface area (Å²) in [5.41, 5.74) is -0.884. The molecule has 16 heavy (non-hydrogen) atoms. The average Bonchev–Trinajstić information content (AvgIpc) is 2.07. The van der Waals surface area contributed by atoms with Crippen LogP contribution in [0.2, 0.25) is 0 Å². The first-order chi connectivity index (χ1) is 7.20. The van der Waals surface area contributed by atoms with Crippen LogP contribution in [0, 0.1) is 13.7 Å². The molecule has 0 fully saturated rings. The van der Waals surface area contributed by atoms with Gasteiger partial charge < -0.3 is 14.9 Å². The predicted molar refractivity (Wildman–Crippen MR) is 53.1 cm³/mol. The van der Waals surface area contributed by atoms with Crippen LogP contribution in [-0.4, -0.2) is 16.3 Å². The molecule has 0 aromatic carbocycles. The van der Waals surface area contributed by atoms with Gasteiger partial charge in [0.1, 0.15) is 0 Å². The Balaban J connectivity index is 3.36. The van der Waals surface area contributed by atoms with Crippen molar-refractivity contribution in [2.45, 2.75) is 6.36 Å². The van der Waals surface area contributed by atoms with Gasteiger partial charge in [0.15, 0.2) is 0 Å². The fourth-order valence-electron chi connectivity index (χ4n) is 0.845. The SMILES string of the molecule is O=c1cc(I)c(OC(F)(F)F)c([N+](=O)[O-])[nH]1. The fraction of sp³-hybridized carbons (Fsp3) is 0.167. The molecule has 0 atom stereocenters. The van der Waals surface area contributed by atoms with Crippen LogP contribution in [0.3, 0.4) is 0 Å². The van der Waals surface area contributed by atoms with Crippen molar-refractivity contribution in [3.63, 3.8) is 0 Å². The Morgan fingerprint density at radius 3 is 2.50 bits per heavy atom. The number of rotatable bonds is 2. The zero-order chi connectivity index (χ0) is 12.5. The Kier molecular flexibility index (Phi) is 3.40. The second-order valence-corrected chi connectivity index (χ2v) is 3.63. The molecule has 6 nitrogen and oxygen atoms in total. The average molecular weight is 350 g/mol. The van der Waals surface area contributed by atoms with Gasteiger partial charge in [-0.3, -0.25) is 0 Å². The molecule has 1 aromatic rings. The molecule has 0 saturated carbocycles. The van der Waals surface area contributed by atoms with Crippen LogP contribution in [0.1, 0.15) is 0 Å². The number of hydrogen-bond acceptors (Lipinski definition) is 4. The van der Waals surface area contributed by atoms with Crippen molar-refractivity contribution in [2.24, 2.45) is 0 Å². The van der Waals surface area contributed by atoms with E-state index >= 15 is 0 Å². The van der Waals surface area contributed by atoms with E-state index in [1.54, 1.807) is 4.98 Å². The number of nitro groups is 1. The van der Waals surface area contributed by atoms with Crippen molar-refractivity contribution >= 4 is 28.4 Å². The molecule has 0 unspecified atom stereocenters. The number of pyridine rings is 1. The van der Waals surface area contributed by atoms with Gasteiger partial charge in [0, 0.05) is 6.07 Å². The van der Waals surface area contributed by atoms with Gasteiger partial charge in [0.05, 0.1) is 3.57 Å². The Bertz CT molecular complexity index is 484. The lowest BCUT2D eigenvalue weighted by molar-refractivity contribution is -0.393. The minimum absolute atomic E-state index is 0.301. The standard InChI is InChI=1S/C6H2F3IN2O4/c7-6(8,9)16-4-2(10)1-3(13)11-5(4)12(14)15/h1H,(H,11,13). The van der Waals surface area contributed by atoms with Crippen molar-refractivity contribution in [3.05, 3.63) is 30.1 Å². The highest BCUT2D eigenvalue weighted by molar-refractivity contribution is 14.1. The number of halogens is 4. The lowest BCUT2D eigenvalue weighted by Crippen LogP contribution is -2.21. The van der Waals surface area contributed by atoms with Crippen LogP contribution in [0.15, 0.2) is 10.9 Å². The first-order valence-corrected chi connectivity index (χ1v) is 4.61. The molecular weight excluding hydrogens is 348 g/mol. The minimum atomic E-state index is -5.07. The maximum atomic E-state index is 11.9. The van der Waals surface area contributed by atoms with Crippen LogP contribution in [0.5, 0.6) is 5.75 Å². The molecule has 1 aromatic heterocycles. The molecule has 0 aliphatic heterocycles. The largest absolute Gasteiger partial charge is 0.573 e. The van der Waals surface area contributed by atoms with Gasteiger partial charge in [-0.15, -0.1) is 13.2 Å². The van der Waals surface area contributed by atoms with E-state index in [1.807, 2.05) is 0 Å². The molecule has 0 amide bonds. The van der Waals surface area contributed by atoms with Gasteiger partial charge in [-0.05, 0) is 27.5 Å². The Morgan fingerprint density at radius 2 is 2.06 bits per heavy atom. The van der Waals surface area contributed by atoms with E-state index < -0.39 is 28.4 Å². The zero-order valence-electron chi connectivity index (χ0n) is 7.17. The molecule has 0 aliphatic rings. The third-order valence-corrected chi connectivity index (χ3v) is 2.13. The maximum absolute atomic E-state index is 11.9. The summed E-state index contributed by atoms with van der Waals surface area (Å²) in [5.74, 6) is -2.16. The van der Waals surface area contributed by atoms with Crippen molar-refractivity contribution in [1.82, 2.24) is 4.98 Å². The van der Waals surface area contributed by atoms with E-state index in [1.165, 1.54) is 22.6 Å². The topological polar surface area (TPSA) is 85.2 Å². The van der Waals surface area contributed by atoms with Gasteiger partial charge in [-0.1, -0.05) is 0 Å². The van der Waals surface area contributed by atoms with Crippen LogP contribution < -0.4 is 10.3 Å². The molecule has 0 radical (unpaired) electrons. The maximum Gasteiger partial charge on any atom is 0.573 e. The highest BCUT2D eigenvalue weighted by Crippen LogP contribution is 2.33. The number of aromatic amines is 1. The van der Waals surface area contributed by atoms with Gasteiger partial charge in [-0.25, -0.2) is 9.78 Å². The summed E-state index contributed by atoms with van der Waals surface area (Å²) in [7, 11) is 0. The van der Waals surface area contributed by atoms with Gasteiger partial charge in [0.25, 0.3) is 0 Å². The van der Waals surface area contributed by atoms with Crippen molar-refractivity contribution in [2.75, 3.05) is 0 Å². The summed E-state index contributed by atoms with van der Waals surface area (Å²) in [6.07, 6.45) is -5.07. The summed E-state index contributed by atoms with van der Waals surface area (Å²) in [5, 5.41) is 10.4. The summed E-state index contributed by atoms with van der Waals surface area (Å²) in [6, 6.07) is 0.759. The highest BCUT2D eigenvalue weighted by Gasteiger charge is 2.36. The third kappa shape index (κ3) is 3.08. The van der Waals surface area contributed by atoms with Crippen LogP contribution >= 0.6 is 22.6 Å². The van der Waals surface area contributed by atoms with Crippen LogP contribution in [-0.2, 0) is 0 Å². The van der Waals surface area contributed by atoms with Crippen molar-refractivity contribution < 1.29 is 22.8 Å². The van der Waals surface area contributed by atoms with Gasteiger partial charge in [0.2, 0.25) is 5.75 Å². The number of nitrogens with one attached hydrogen (secondary N) is 1. The zero-order valence-corrected chi connectivity index (χ0v) is 9.33. The summed E-state index contributed by atoms with van der Waals surface area (Å²) in [4.78, 5) is 21.7. The first-order valence-electron chi connectivity index (χ1n) is 3.53. The molecule has 0 saturated heterocycles. The molecule has 0 spiro atoms. The smallest absolute Gasteiger partial charge is 0.396 e. The molecule has 0 bridgehead atoms. The van der Waals surface area contributed by atoms with Crippen molar-refractivity contribution in [1.29, 1.82) is 0 Å². The second-order valence-electron chi connectivity index (χ2n) is 2.46. The van der Waals surface area contributed by atoms with Gasteiger partial charge >= 0.3 is 17.7 Å². The van der Waals surface area contributed by atoms with Crippen LogP contribution in [0.25, 0.3) is 0 Å². The molecular formula is C6H2F3IN2O4. The van der Waals surface area contributed by atoms with Crippen LogP contribution in [0.4, 0.5) is 19.0 Å². The minimum Gasteiger partial charge on any atom is -0.396 e. The van der Waals surface area contributed by atoms with E-state index in [0.717, 1.165) is 6.07 Å². The van der Waals surface area contributed by atoms with E-state index in [4.69, 9.17) is 0 Å². The van der Waals surface area contributed by atoms with Crippen molar-refractivity contribution in [3.8, 4) is 5.75 Å². The number of nitrogens with zero attached hydrogens (tertiary/aromatic N) is 1. The summed E-state index contributed by atoms with van der Waals surface area (Å²) in [6.45, 7) is 0. The quantitative estimate of drug-likeness (QED) is 0.501. The number of ether oxygens (including phenoxy) is 1. The number of H-pyrrole nitrogens is 1. The lowest BCUT2D eigenvalue weighted by Gasteiger charge is -2.10. The second kappa shape index (κ2) is 4.27. The predicted octanol–water partition coefficient (Wildman–Crippen LogP) is 1.79. The number of hydrogen-bond donors (Lipinski definition) is 1. The Labute approximate surface area is 98.7 Å². The first kappa shape index (κ1) is 12.7. The normalized spacial score (nSPS) is 11.2. The Morgan fingerprint density at radius 1 is 1.50 bits per heavy atom. The number of aromatic nitrogens is 1. The molecule has 1 rings (SSSR count). The summed E-state index contributed by atoms with van der Waals surface area (Å²) >= 11 is 1.34. The van der Waals surface area contributed by atoms with E-state index in [9.17, 15) is 28.1 Å². The van der Waals surface area contributed by atoms with E-state index in [-0.39, 0.29) is 3.57 Å². The molecule has 10 heteroatoms. The third-order valence-electron chi connectivity index (χ3n) is 1.33. The molecule has 88 valence electrons. The molecule has 0 aliphatic carbocycles. The highest BCUT2D eigenvalue weighted by atomic mass is 127. The van der Waals surface area contributed by atoms with E-state index in [0.29, 0.717) is 0 Å². The van der Waals surface area contributed by atoms with Gasteiger partial charge in [-0.2, -0.15) is 0 Å².